The molecule has 6 heteroatoms. The van der Waals surface area contributed by atoms with Gasteiger partial charge in [-0.3, -0.25) is 4.79 Å². The fraction of sp³-hybridized carbons (Fsp3) is 0.550. The van der Waals surface area contributed by atoms with Crippen LogP contribution >= 0.6 is 0 Å². The van der Waals surface area contributed by atoms with E-state index in [0.29, 0.717) is 6.42 Å². The highest BCUT2D eigenvalue weighted by molar-refractivity contribution is 5.77. The van der Waals surface area contributed by atoms with E-state index >= 15 is 0 Å². The fourth-order valence-corrected chi connectivity index (χ4v) is 4.34. The Kier molecular flexibility index (Phi) is 4.66. The number of carbonyl (C=O) groups is 1. The number of aryl methyl sites for hydroxylation is 2. The van der Waals surface area contributed by atoms with Gasteiger partial charge in [0, 0.05) is 31.8 Å². The molecule has 1 amide bonds. The van der Waals surface area contributed by atoms with Crippen LogP contribution in [0.4, 0.5) is 0 Å². The van der Waals surface area contributed by atoms with Crippen molar-refractivity contribution in [3.63, 3.8) is 0 Å². The van der Waals surface area contributed by atoms with Gasteiger partial charge in [0.05, 0.1) is 13.2 Å². The largest absolute Gasteiger partial charge is 0.497 e. The van der Waals surface area contributed by atoms with Gasteiger partial charge in [-0.2, -0.15) is 0 Å². The molecule has 0 unspecified atom stereocenters. The number of benzene rings is 1. The second kappa shape index (κ2) is 7.09. The number of fused-ring (bicyclic) bond motifs is 3. The molecule has 26 heavy (non-hydrogen) atoms. The van der Waals surface area contributed by atoms with Crippen molar-refractivity contribution in [2.24, 2.45) is 0 Å². The highest BCUT2D eigenvalue weighted by Gasteiger charge is 2.40. The Morgan fingerprint density at radius 2 is 1.96 bits per heavy atom. The maximum absolute atomic E-state index is 13.0. The van der Waals surface area contributed by atoms with Crippen molar-refractivity contribution in [2.45, 2.75) is 64.1 Å². The van der Waals surface area contributed by atoms with E-state index in [4.69, 9.17) is 4.74 Å². The lowest BCUT2D eigenvalue weighted by molar-refractivity contribution is -0.134. The van der Waals surface area contributed by atoms with Crippen LogP contribution in [-0.4, -0.2) is 44.8 Å². The third-order valence-electron chi connectivity index (χ3n) is 5.73. The van der Waals surface area contributed by atoms with E-state index in [1.165, 1.54) is 5.56 Å². The normalized spacial score (nSPS) is 21.4. The molecular formula is C20H26N4O2. The molecule has 1 saturated heterocycles. The SMILES string of the molecule is CCc1nnc2n1C[C@H]1CC[C@@H](C2)N1C(=O)CCc1ccc(OC)cc1. The first-order valence-corrected chi connectivity index (χ1v) is 9.54. The second-order valence-electron chi connectivity index (χ2n) is 7.23. The van der Waals surface area contributed by atoms with Crippen molar-refractivity contribution in [3.05, 3.63) is 41.5 Å². The number of hydrogen-bond donors (Lipinski definition) is 0. The molecule has 0 radical (unpaired) electrons. The topological polar surface area (TPSA) is 60.2 Å². The Balaban J connectivity index is 1.44. The van der Waals surface area contributed by atoms with Crippen molar-refractivity contribution >= 4 is 5.91 Å². The zero-order chi connectivity index (χ0) is 18.1. The van der Waals surface area contributed by atoms with Crippen LogP contribution in [0.25, 0.3) is 0 Å². The molecule has 2 bridgehead atoms. The Morgan fingerprint density at radius 3 is 2.69 bits per heavy atom. The van der Waals surface area contributed by atoms with Gasteiger partial charge >= 0.3 is 0 Å². The maximum atomic E-state index is 13.0. The number of amides is 1. The van der Waals surface area contributed by atoms with E-state index in [0.717, 1.165) is 56.0 Å². The lowest BCUT2D eigenvalue weighted by atomic mass is 10.1. The quantitative estimate of drug-likeness (QED) is 0.827. The monoisotopic (exact) mass is 354 g/mol. The van der Waals surface area contributed by atoms with Crippen LogP contribution in [-0.2, 0) is 30.6 Å². The molecule has 1 fully saturated rings. The Bertz CT molecular complexity index is 784. The van der Waals surface area contributed by atoms with Gasteiger partial charge in [0.15, 0.2) is 0 Å². The molecule has 6 nitrogen and oxygen atoms in total. The van der Waals surface area contributed by atoms with Crippen LogP contribution in [0, 0.1) is 0 Å². The van der Waals surface area contributed by atoms with Gasteiger partial charge in [0.1, 0.15) is 17.4 Å². The van der Waals surface area contributed by atoms with E-state index in [2.05, 4.69) is 26.6 Å². The molecule has 2 aliphatic rings. The Labute approximate surface area is 154 Å². The molecule has 4 rings (SSSR count). The van der Waals surface area contributed by atoms with Crippen molar-refractivity contribution in [3.8, 4) is 5.75 Å². The van der Waals surface area contributed by atoms with Crippen molar-refractivity contribution in [1.29, 1.82) is 0 Å². The van der Waals surface area contributed by atoms with Gasteiger partial charge in [0.2, 0.25) is 5.91 Å². The van der Waals surface area contributed by atoms with Crippen molar-refractivity contribution in [1.82, 2.24) is 19.7 Å². The molecule has 2 atom stereocenters. The number of nitrogens with zero attached hydrogens (tertiary/aromatic N) is 4. The number of methoxy groups -OCH3 is 1. The first-order valence-electron chi connectivity index (χ1n) is 9.54. The average Bonchev–Trinajstić information content (AvgIpc) is 3.19. The predicted octanol–water partition coefficient (Wildman–Crippen LogP) is 2.40. The molecule has 0 aliphatic carbocycles. The van der Waals surface area contributed by atoms with Gasteiger partial charge in [-0.1, -0.05) is 19.1 Å². The summed E-state index contributed by atoms with van der Waals surface area (Å²) in [6.07, 6.45) is 5.20. The molecule has 0 N–H and O–H groups in total. The number of ether oxygens (including phenoxy) is 1. The predicted molar refractivity (Wildman–Crippen MR) is 98.1 cm³/mol. The summed E-state index contributed by atoms with van der Waals surface area (Å²) in [7, 11) is 1.66. The smallest absolute Gasteiger partial charge is 0.223 e. The van der Waals surface area contributed by atoms with E-state index in [1.54, 1.807) is 7.11 Å². The van der Waals surface area contributed by atoms with Crippen LogP contribution in [0.5, 0.6) is 5.75 Å². The van der Waals surface area contributed by atoms with Crippen LogP contribution in [0.15, 0.2) is 24.3 Å². The summed E-state index contributed by atoms with van der Waals surface area (Å²) in [5.74, 6) is 3.20. The van der Waals surface area contributed by atoms with Gasteiger partial charge in [0.25, 0.3) is 0 Å². The Morgan fingerprint density at radius 1 is 1.19 bits per heavy atom. The molecule has 0 spiro atoms. The lowest BCUT2D eigenvalue weighted by Crippen LogP contribution is -2.42. The average molecular weight is 354 g/mol. The van der Waals surface area contributed by atoms with E-state index in [9.17, 15) is 4.79 Å². The van der Waals surface area contributed by atoms with Gasteiger partial charge in [-0.25, -0.2) is 0 Å². The minimum atomic E-state index is 0.269. The molecule has 3 heterocycles. The van der Waals surface area contributed by atoms with Crippen LogP contribution < -0.4 is 4.74 Å². The zero-order valence-corrected chi connectivity index (χ0v) is 15.5. The molecular weight excluding hydrogens is 328 g/mol. The van der Waals surface area contributed by atoms with E-state index < -0.39 is 0 Å². The highest BCUT2D eigenvalue weighted by atomic mass is 16.5. The Hall–Kier alpha value is -2.37. The third-order valence-corrected chi connectivity index (χ3v) is 5.73. The summed E-state index contributed by atoms with van der Waals surface area (Å²) >= 11 is 0. The van der Waals surface area contributed by atoms with Crippen LogP contribution in [0.3, 0.4) is 0 Å². The summed E-state index contributed by atoms with van der Waals surface area (Å²) in [5.41, 5.74) is 1.17. The van der Waals surface area contributed by atoms with Crippen LogP contribution in [0.2, 0.25) is 0 Å². The minimum Gasteiger partial charge on any atom is -0.497 e. The summed E-state index contributed by atoms with van der Waals surface area (Å²) in [6.45, 7) is 2.95. The lowest BCUT2D eigenvalue weighted by Gasteiger charge is -2.28. The highest BCUT2D eigenvalue weighted by Crippen LogP contribution is 2.32. The minimum absolute atomic E-state index is 0.269. The first kappa shape index (κ1) is 17.1. The molecule has 138 valence electrons. The summed E-state index contributed by atoms with van der Waals surface area (Å²) in [4.78, 5) is 15.1. The molecule has 0 saturated carbocycles. The molecule has 1 aromatic heterocycles. The van der Waals surface area contributed by atoms with Crippen molar-refractivity contribution in [2.75, 3.05) is 7.11 Å². The van der Waals surface area contributed by atoms with Crippen LogP contribution in [0.1, 0.15) is 43.4 Å². The van der Waals surface area contributed by atoms with E-state index in [1.807, 2.05) is 24.3 Å². The molecule has 2 aromatic rings. The first-order chi connectivity index (χ1) is 12.7. The van der Waals surface area contributed by atoms with Crippen molar-refractivity contribution < 1.29 is 9.53 Å². The third kappa shape index (κ3) is 3.08. The maximum Gasteiger partial charge on any atom is 0.223 e. The molecule has 1 aromatic carbocycles. The fourth-order valence-electron chi connectivity index (χ4n) is 4.34. The standard InChI is InChI=1S/C20H26N4O2/c1-3-18-21-22-19-12-15-7-8-16(13-23(18)19)24(15)20(25)11-6-14-4-9-17(26-2)10-5-14/h4-5,9-10,15-16H,3,6-8,11-13H2,1-2H3/t15-,16+/m0/s1. The van der Waals surface area contributed by atoms with E-state index in [-0.39, 0.29) is 18.0 Å². The zero-order valence-electron chi connectivity index (χ0n) is 15.5. The van der Waals surface area contributed by atoms with Gasteiger partial charge in [-0.15, -0.1) is 10.2 Å². The summed E-state index contributed by atoms with van der Waals surface area (Å²) < 4.78 is 7.44. The van der Waals surface area contributed by atoms with Gasteiger partial charge < -0.3 is 14.2 Å². The number of hydrogen-bond acceptors (Lipinski definition) is 4. The summed E-state index contributed by atoms with van der Waals surface area (Å²) in [5, 5.41) is 8.69. The summed E-state index contributed by atoms with van der Waals surface area (Å²) in [6, 6.07) is 8.54. The number of rotatable bonds is 5. The number of aromatic nitrogens is 3. The molecule has 2 aliphatic heterocycles. The second-order valence-corrected chi connectivity index (χ2v) is 7.23. The van der Waals surface area contributed by atoms with Gasteiger partial charge in [-0.05, 0) is 37.0 Å². The number of carbonyl (C=O) groups excluding carboxylic acids is 1.